The van der Waals surface area contributed by atoms with Gasteiger partial charge in [-0.1, -0.05) is 198 Å². The summed E-state index contributed by atoms with van der Waals surface area (Å²) >= 11 is 0. The number of phenols is 2. The Kier molecular flexibility index (Phi) is 20.8. The van der Waals surface area contributed by atoms with Crippen LogP contribution < -0.4 is 0 Å². The van der Waals surface area contributed by atoms with E-state index in [1.807, 2.05) is 107 Å². The number of hydrogen-bond acceptors (Lipinski definition) is 7. The maximum absolute atomic E-state index is 13.5. The van der Waals surface area contributed by atoms with Gasteiger partial charge in [-0.2, -0.15) is 0 Å². The van der Waals surface area contributed by atoms with Crippen molar-refractivity contribution in [3.05, 3.63) is 57.6 Å². The average molecular weight is 809 g/mol. The van der Waals surface area contributed by atoms with Crippen LogP contribution in [0.25, 0.3) is 0 Å². The number of carbonyl (C=O) groups excluding carboxylic acids is 2. The highest BCUT2D eigenvalue weighted by molar-refractivity contribution is 5.74. The van der Waals surface area contributed by atoms with Crippen LogP contribution in [0.3, 0.4) is 0 Å². The molecular weight excluding hydrogens is 725 g/mol. The van der Waals surface area contributed by atoms with Gasteiger partial charge in [-0.05, 0) is 61.5 Å². The van der Waals surface area contributed by atoms with Crippen molar-refractivity contribution in [2.45, 2.75) is 221 Å². The van der Waals surface area contributed by atoms with E-state index in [1.165, 1.54) is 77.0 Å². The first kappa shape index (κ1) is 51.1. The SMILES string of the molecule is CCCCCCCCCCCCCCCCOCC(COC(=O)Cc1cc(C(C)(C)C)c(O)c(C(C)(C)C)c1)OC(=O)Cc1cc(C(C)(C)C)c(O)c(C(C)(C)C)c1. The minimum absolute atomic E-state index is 0.00845. The van der Waals surface area contributed by atoms with E-state index in [0.29, 0.717) is 6.61 Å². The summed E-state index contributed by atoms with van der Waals surface area (Å²) in [6.45, 7) is 27.3. The third-order valence-corrected chi connectivity index (χ3v) is 10.9. The molecule has 7 nitrogen and oxygen atoms in total. The molecule has 2 N–H and O–H groups in total. The molecule has 0 aromatic heterocycles. The predicted molar refractivity (Wildman–Crippen MR) is 240 cm³/mol. The molecule has 7 heteroatoms. The number of carbonyl (C=O) groups is 2. The molecule has 0 radical (unpaired) electrons. The van der Waals surface area contributed by atoms with Crippen molar-refractivity contribution in [2.24, 2.45) is 0 Å². The van der Waals surface area contributed by atoms with Crippen molar-refractivity contribution in [3.63, 3.8) is 0 Å². The fourth-order valence-electron chi connectivity index (χ4n) is 7.41. The van der Waals surface area contributed by atoms with E-state index in [9.17, 15) is 19.8 Å². The van der Waals surface area contributed by atoms with Gasteiger partial charge in [0.15, 0.2) is 6.10 Å². The van der Waals surface area contributed by atoms with Gasteiger partial charge in [0, 0.05) is 6.61 Å². The van der Waals surface area contributed by atoms with E-state index in [2.05, 4.69) is 6.92 Å². The summed E-state index contributed by atoms with van der Waals surface area (Å²) in [5.41, 5.74) is 3.33. The molecule has 330 valence electrons. The van der Waals surface area contributed by atoms with Gasteiger partial charge in [0.05, 0.1) is 19.4 Å². The molecule has 1 unspecified atom stereocenters. The maximum atomic E-state index is 13.5. The topological polar surface area (TPSA) is 102 Å². The molecule has 2 aromatic carbocycles. The van der Waals surface area contributed by atoms with Crippen LogP contribution in [0.5, 0.6) is 11.5 Å². The first-order chi connectivity index (χ1) is 26.9. The summed E-state index contributed by atoms with van der Waals surface area (Å²) in [5.74, 6) is -0.370. The Morgan fingerprint density at radius 1 is 0.500 bits per heavy atom. The van der Waals surface area contributed by atoms with Gasteiger partial charge in [0.25, 0.3) is 0 Å². The molecule has 0 spiro atoms. The molecule has 2 aromatic rings. The molecule has 0 aliphatic carbocycles. The second-order valence-electron chi connectivity index (χ2n) is 20.9. The van der Waals surface area contributed by atoms with Crippen molar-refractivity contribution in [1.82, 2.24) is 0 Å². The first-order valence-electron chi connectivity index (χ1n) is 22.6. The molecule has 1 atom stereocenters. The van der Waals surface area contributed by atoms with Gasteiger partial charge in [0.1, 0.15) is 18.1 Å². The Morgan fingerprint density at radius 2 is 0.828 bits per heavy atom. The van der Waals surface area contributed by atoms with Crippen LogP contribution in [0.1, 0.15) is 213 Å². The number of aromatic hydroxyl groups is 2. The van der Waals surface area contributed by atoms with Crippen LogP contribution in [-0.2, 0) is 58.3 Å². The minimum atomic E-state index is -0.778. The highest BCUT2D eigenvalue weighted by Gasteiger charge is 2.29. The smallest absolute Gasteiger partial charge is 0.310 e. The lowest BCUT2D eigenvalue weighted by Gasteiger charge is -2.28. The largest absolute Gasteiger partial charge is 0.507 e. The number of hydrogen-bond donors (Lipinski definition) is 2. The Labute approximate surface area is 354 Å². The Hall–Kier alpha value is -3.06. The lowest BCUT2D eigenvalue weighted by molar-refractivity contribution is -0.162. The van der Waals surface area contributed by atoms with E-state index in [4.69, 9.17) is 14.2 Å². The highest BCUT2D eigenvalue weighted by atomic mass is 16.6. The van der Waals surface area contributed by atoms with Gasteiger partial charge in [-0.3, -0.25) is 9.59 Å². The van der Waals surface area contributed by atoms with Crippen LogP contribution in [-0.4, -0.2) is 48.1 Å². The van der Waals surface area contributed by atoms with Crippen LogP contribution >= 0.6 is 0 Å². The second kappa shape index (κ2) is 23.7. The number of esters is 2. The minimum Gasteiger partial charge on any atom is -0.507 e. The van der Waals surface area contributed by atoms with Crippen molar-refractivity contribution in [2.75, 3.05) is 19.8 Å². The Morgan fingerprint density at radius 3 is 1.17 bits per heavy atom. The number of rotatable bonds is 24. The lowest BCUT2D eigenvalue weighted by atomic mass is 9.78. The van der Waals surface area contributed by atoms with Gasteiger partial charge in [-0.25, -0.2) is 0 Å². The Bertz CT molecular complexity index is 1470. The van der Waals surface area contributed by atoms with E-state index >= 15 is 0 Å². The molecular formula is C51H84O7. The van der Waals surface area contributed by atoms with Crippen molar-refractivity contribution in [3.8, 4) is 11.5 Å². The van der Waals surface area contributed by atoms with Gasteiger partial charge >= 0.3 is 11.9 Å². The molecule has 0 bridgehead atoms. The normalized spacial score (nSPS) is 13.1. The number of benzene rings is 2. The number of ether oxygens (including phenoxy) is 3. The summed E-state index contributed by atoms with van der Waals surface area (Å²) in [6, 6.07) is 7.56. The predicted octanol–water partition coefficient (Wildman–Crippen LogP) is 13.0. The highest BCUT2D eigenvalue weighted by Crippen LogP contribution is 2.41. The fourth-order valence-corrected chi connectivity index (χ4v) is 7.41. The fraction of sp³-hybridized carbons (Fsp3) is 0.725. The lowest BCUT2D eigenvalue weighted by Crippen LogP contribution is -2.31. The zero-order valence-electron chi connectivity index (χ0n) is 39.3. The number of unbranched alkanes of at least 4 members (excludes halogenated alkanes) is 13. The molecule has 0 saturated heterocycles. The van der Waals surface area contributed by atoms with Crippen LogP contribution in [0, 0.1) is 0 Å². The second-order valence-corrected chi connectivity index (χ2v) is 20.9. The molecule has 0 saturated carbocycles. The molecule has 58 heavy (non-hydrogen) atoms. The van der Waals surface area contributed by atoms with Crippen LogP contribution in [0.4, 0.5) is 0 Å². The third-order valence-electron chi connectivity index (χ3n) is 10.9. The van der Waals surface area contributed by atoms with Crippen molar-refractivity contribution < 1.29 is 34.0 Å². The van der Waals surface area contributed by atoms with Gasteiger partial charge in [0.2, 0.25) is 0 Å². The standard InChI is InChI=1S/C51H84O7/c1-14-15-16-17-18-19-20-21-22-23-24-25-26-27-28-56-35-39(58-45(53)34-38-31-42(50(8,9)10)47(55)43(32-38)51(11,12)13)36-57-44(52)33-37-29-40(48(2,3)4)46(54)41(30-37)49(5,6)7/h29-32,39,54-55H,14-28,33-36H2,1-13H3. The van der Waals surface area contributed by atoms with Crippen LogP contribution in [0.2, 0.25) is 0 Å². The van der Waals surface area contributed by atoms with Crippen molar-refractivity contribution in [1.29, 1.82) is 0 Å². The van der Waals surface area contributed by atoms with Crippen molar-refractivity contribution >= 4 is 11.9 Å². The molecule has 0 aliphatic rings. The van der Waals surface area contributed by atoms with E-state index in [0.717, 1.165) is 46.2 Å². The molecule has 0 fully saturated rings. The summed E-state index contributed by atoms with van der Waals surface area (Å²) in [4.78, 5) is 26.9. The van der Waals surface area contributed by atoms with Crippen LogP contribution in [0.15, 0.2) is 24.3 Å². The molecule has 2 rings (SSSR count). The summed E-state index contributed by atoms with van der Waals surface area (Å²) in [6.07, 6.45) is 17.2. The van der Waals surface area contributed by atoms with E-state index in [-0.39, 0.29) is 59.2 Å². The zero-order valence-corrected chi connectivity index (χ0v) is 39.3. The van der Waals surface area contributed by atoms with E-state index < -0.39 is 18.0 Å². The zero-order chi connectivity index (χ0) is 43.7. The monoisotopic (exact) mass is 809 g/mol. The average Bonchev–Trinajstić information content (AvgIpc) is 3.09. The summed E-state index contributed by atoms with van der Waals surface area (Å²) in [5, 5.41) is 22.3. The third kappa shape index (κ3) is 18.5. The molecule has 0 amide bonds. The van der Waals surface area contributed by atoms with E-state index in [1.54, 1.807) is 0 Å². The Balaban J connectivity index is 2.06. The van der Waals surface area contributed by atoms with Gasteiger partial charge < -0.3 is 24.4 Å². The van der Waals surface area contributed by atoms with Gasteiger partial charge in [-0.15, -0.1) is 0 Å². The molecule has 0 aliphatic heterocycles. The number of phenolic OH excluding ortho intramolecular Hbond substituents is 2. The maximum Gasteiger partial charge on any atom is 0.310 e. The quantitative estimate of drug-likeness (QED) is 0.0804. The summed E-state index contributed by atoms with van der Waals surface area (Å²) < 4.78 is 17.8. The molecule has 0 heterocycles. The summed E-state index contributed by atoms with van der Waals surface area (Å²) in [7, 11) is 0. The first-order valence-corrected chi connectivity index (χ1v) is 22.6.